The van der Waals surface area contributed by atoms with Crippen LogP contribution in [0.1, 0.15) is 413 Å². The van der Waals surface area contributed by atoms with Gasteiger partial charge < -0.3 is 21.3 Å². The highest BCUT2D eigenvalue weighted by Crippen LogP contribution is 2.24. The number of unbranched alkanes of at least 4 members (excludes halogenated alkanes) is 54. The van der Waals surface area contributed by atoms with Gasteiger partial charge in [-0.15, -0.1) is 0 Å². The van der Waals surface area contributed by atoms with E-state index in [2.05, 4.69) is 49.0 Å². The summed E-state index contributed by atoms with van der Waals surface area (Å²) in [6.07, 6.45) is 75.9. The number of rotatable bonds is 71. The summed E-state index contributed by atoms with van der Waals surface area (Å²) in [6.45, 7) is 10.3. The van der Waals surface area contributed by atoms with Crippen molar-refractivity contribution in [1.29, 1.82) is 0 Å². The molecule has 8 nitrogen and oxygen atoms in total. The molecule has 0 spiro atoms. The predicted octanol–water partition coefficient (Wildman–Crippen LogP) is 23.1. The highest BCUT2D eigenvalue weighted by Gasteiger charge is 2.24. The average Bonchev–Trinajstić information content (AvgIpc) is 3.54. The molecule has 0 aromatic carbocycles. The number of hydrogen-bond acceptors (Lipinski definition) is 6. The first-order valence-electron chi connectivity index (χ1n) is 37.8. The van der Waals surface area contributed by atoms with Crippen molar-refractivity contribution in [3.63, 3.8) is 0 Å². The van der Waals surface area contributed by atoms with Crippen molar-refractivity contribution < 1.29 is 19.2 Å². The Morgan fingerprint density at radius 3 is 0.595 bits per heavy atom. The maximum atomic E-state index is 13.7. The molecule has 0 aromatic rings. The molecule has 0 saturated carbocycles. The average molecular weight is 1220 g/mol. The van der Waals surface area contributed by atoms with E-state index in [9.17, 15) is 19.2 Å². The summed E-state index contributed by atoms with van der Waals surface area (Å²) in [5, 5.41) is 12.5. The Bertz CT molecular complexity index is 1270. The molecule has 0 aliphatic heterocycles. The van der Waals surface area contributed by atoms with E-state index in [0.717, 1.165) is 64.2 Å². The Balaban J connectivity index is 5.01. The fourth-order valence-corrected chi connectivity index (χ4v) is 14.1. The minimum Gasteiger partial charge on any atom is -0.354 e. The lowest BCUT2D eigenvalue weighted by Crippen LogP contribution is -2.49. The van der Waals surface area contributed by atoms with Crippen LogP contribution in [0.15, 0.2) is 0 Å². The number of amides is 4. The molecule has 0 aliphatic rings. The summed E-state index contributed by atoms with van der Waals surface area (Å²) in [5.41, 5.74) is 0. The zero-order valence-corrected chi connectivity index (χ0v) is 58.5. The zero-order chi connectivity index (χ0) is 61.0. The van der Waals surface area contributed by atoms with Gasteiger partial charge in [0.25, 0.3) is 0 Å². The Kier molecular flexibility index (Phi) is 69.5. The van der Waals surface area contributed by atoms with Crippen LogP contribution in [-0.4, -0.2) is 60.3 Å². The summed E-state index contributed by atoms with van der Waals surface area (Å²) in [4.78, 5) is 54.1. The molecule has 0 bridgehead atoms. The van der Waals surface area contributed by atoms with Crippen LogP contribution in [0.3, 0.4) is 0 Å². The van der Waals surface area contributed by atoms with Gasteiger partial charge in [0.1, 0.15) is 12.1 Å². The molecule has 84 heavy (non-hydrogen) atoms. The van der Waals surface area contributed by atoms with Crippen molar-refractivity contribution >= 4 is 45.2 Å². The van der Waals surface area contributed by atoms with Crippen LogP contribution in [0.2, 0.25) is 0 Å². The Morgan fingerprint density at radius 2 is 0.405 bits per heavy atom. The summed E-state index contributed by atoms with van der Waals surface area (Å²) >= 11 is 0. The summed E-state index contributed by atoms with van der Waals surface area (Å²) < 4.78 is 0. The second-order valence-electron chi connectivity index (χ2n) is 26.0. The van der Waals surface area contributed by atoms with Gasteiger partial charge in [0.2, 0.25) is 23.6 Å². The third kappa shape index (κ3) is 63.6. The van der Waals surface area contributed by atoms with Crippen molar-refractivity contribution in [2.45, 2.75) is 425 Å². The molecule has 0 radical (unpaired) electrons. The molecule has 2 atom stereocenters. The molecular formula is C74H146N4O4S2. The van der Waals surface area contributed by atoms with E-state index in [-0.39, 0.29) is 23.6 Å². The summed E-state index contributed by atoms with van der Waals surface area (Å²) in [7, 11) is 3.03. The van der Waals surface area contributed by atoms with Crippen molar-refractivity contribution in [3.8, 4) is 0 Å². The van der Waals surface area contributed by atoms with E-state index in [1.807, 2.05) is 0 Å². The van der Waals surface area contributed by atoms with Gasteiger partial charge in [-0.3, -0.25) is 19.2 Å². The van der Waals surface area contributed by atoms with Gasteiger partial charge in [-0.1, -0.05) is 396 Å². The van der Waals surface area contributed by atoms with E-state index in [4.69, 9.17) is 0 Å². The molecular weight excluding hydrogens is 1070 g/mol. The third-order valence-electron chi connectivity index (χ3n) is 17.5. The van der Waals surface area contributed by atoms with E-state index in [1.54, 1.807) is 0 Å². The summed E-state index contributed by atoms with van der Waals surface area (Å²) in [5.74, 6) is 0.439. The van der Waals surface area contributed by atoms with Gasteiger partial charge >= 0.3 is 0 Å². The van der Waals surface area contributed by atoms with Gasteiger partial charge in [0, 0.05) is 37.4 Å². The quantitative estimate of drug-likeness (QED) is 0.0356. The molecule has 0 saturated heterocycles. The first-order chi connectivity index (χ1) is 41.4. The highest BCUT2D eigenvalue weighted by molar-refractivity contribution is 8.76. The number of nitrogens with one attached hydrogen (secondary N) is 4. The fraction of sp³-hybridized carbons (Fsp3) is 0.946. The Morgan fingerprint density at radius 1 is 0.238 bits per heavy atom. The van der Waals surface area contributed by atoms with Crippen LogP contribution < -0.4 is 21.3 Å². The standard InChI is InChI=1S/C74H146N4O4S2/c1-5-9-13-17-21-25-29-31-33-35-37-39-41-43-45-47-51-55-59-63-71(79)77-69(73(81)75-65-61-57-53-49-27-23-19-15-11-7-3)67-83-84-68-70(74(82)76-66-62-58-54-50-28-24-20-16-12-8-4)78-72(80)64-60-56-52-48-46-44-42-40-38-36-34-32-30-26-22-18-14-10-6-2/h69-70H,5-68H2,1-4H3,(H,75,81)(H,76,82)(H,77,79)(H,78,80)/t69-,70-/m0/s1. The third-order valence-corrected chi connectivity index (χ3v) is 20.0. The normalized spacial score (nSPS) is 12.2. The Hall–Kier alpha value is -1.42. The monoisotopic (exact) mass is 1220 g/mol. The van der Waals surface area contributed by atoms with Crippen LogP contribution in [-0.2, 0) is 19.2 Å². The second-order valence-corrected chi connectivity index (χ2v) is 28.5. The molecule has 0 aliphatic carbocycles. The van der Waals surface area contributed by atoms with E-state index >= 15 is 0 Å². The molecule has 0 rings (SSSR count). The fourth-order valence-electron chi connectivity index (χ4n) is 11.8. The van der Waals surface area contributed by atoms with Crippen LogP contribution in [0.5, 0.6) is 0 Å². The van der Waals surface area contributed by atoms with Gasteiger partial charge in [0.05, 0.1) is 0 Å². The zero-order valence-electron chi connectivity index (χ0n) is 56.9. The highest BCUT2D eigenvalue weighted by atomic mass is 33.1. The van der Waals surface area contributed by atoms with Gasteiger partial charge in [0.15, 0.2) is 0 Å². The van der Waals surface area contributed by atoms with Crippen molar-refractivity contribution in [3.05, 3.63) is 0 Å². The van der Waals surface area contributed by atoms with Crippen LogP contribution >= 0.6 is 21.6 Å². The molecule has 0 fully saturated rings. The lowest BCUT2D eigenvalue weighted by molar-refractivity contribution is -0.128. The van der Waals surface area contributed by atoms with E-state index in [1.165, 1.54) is 330 Å². The SMILES string of the molecule is CCCCCCCCCCCCCCCCCCCCCC(=O)N[C@@H](CSSC[C@H](NC(=O)CCCCCCCCCCCCCCCCCCCCC)C(=O)NCCCCCCCCCCCC)C(=O)NCCCCCCCCCCCC. The Labute approximate surface area is 532 Å². The molecule has 0 unspecified atom stereocenters. The first-order valence-corrected chi connectivity index (χ1v) is 40.3. The molecule has 498 valence electrons. The lowest BCUT2D eigenvalue weighted by Gasteiger charge is -2.20. The first kappa shape index (κ1) is 82.6. The largest absolute Gasteiger partial charge is 0.354 e. The van der Waals surface area contributed by atoms with Crippen molar-refractivity contribution in [2.24, 2.45) is 0 Å². The van der Waals surface area contributed by atoms with Crippen LogP contribution in [0, 0.1) is 0 Å². The molecule has 4 N–H and O–H groups in total. The van der Waals surface area contributed by atoms with E-state index < -0.39 is 12.1 Å². The second kappa shape index (κ2) is 70.7. The van der Waals surface area contributed by atoms with Crippen LogP contribution in [0.25, 0.3) is 0 Å². The number of carbonyl (C=O) groups excluding carboxylic acids is 4. The van der Waals surface area contributed by atoms with E-state index in [0.29, 0.717) is 37.4 Å². The molecule has 0 aromatic heterocycles. The minimum absolute atomic E-state index is 0.0574. The molecule has 10 heteroatoms. The van der Waals surface area contributed by atoms with Crippen molar-refractivity contribution in [2.75, 3.05) is 24.6 Å². The van der Waals surface area contributed by atoms with Crippen molar-refractivity contribution in [1.82, 2.24) is 21.3 Å². The predicted molar refractivity (Wildman–Crippen MR) is 375 cm³/mol. The van der Waals surface area contributed by atoms with Gasteiger partial charge in [-0.2, -0.15) is 0 Å². The molecule has 4 amide bonds. The summed E-state index contributed by atoms with van der Waals surface area (Å²) in [6, 6.07) is -1.29. The molecule has 0 heterocycles. The lowest BCUT2D eigenvalue weighted by atomic mass is 10.0. The van der Waals surface area contributed by atoms with Crippen LogP contribution in [0.4, 0.5) is 0 Å². The smallest absolute Gasteiger partial charge is 0.243 e. The maximum absolute atomic E-state index is 13.7. The topological polar surface area (TPSA) is 116 Å². The van der Waals surface area contributed by atoms with Gasteiger partial charge in [-0.05, 0) is 25.7 Å². The van der Waals surface area contributed by atoms with Gasteiger partial charge in [-0.25, -0.2) is 0 Å². The minimum atomic E-state index is -0.647. The number of carbonyl (C=O) groups is 4. The number of hydrogen-bond donors (Lipinski definition) is 4. The maximum Gasteiger partial charge on any atom is 0.243 e.